The van der Waals surface area contributed by atoms with Crippen molar-refractivity contribution in [3.8, 4) is 0 Å². The lowest BCUT2D eigenvalue weighted by molar-refractivity contribution is 0.518. The molecule has 68 valence electrons. The molecule has 1 fully saturated rings. The normalized spacial score (nSPS) is 32.2. The Balaban J connectivity index is 1.85. The average Bonchev–Trinajstić information content (AvgIpc) is 2.21. The number of hydrogen-bond acceptors (Lipinski definition) is 2. The topological polar surface area (TPSA) is 0 Å². The lowest BCUT2D eigenvalue weighted by atomic mass is 9.96. The zero-order chi connectivity index (χ0) is 8.23. The maximum Gasteiger partial charge on any atom is 0.0533 e. The molecule has 2 heteroatoms. The van der Waals surface area contributed by atoms with E-state index in [1.165, 1.54) is 37.2 Å². The SMILES string of the molecule is C1=CCC(C2SCCCS2)CC1. The fraction of sp³-hybridized carbons (Fsp3) is 0.800. The lowest BCUT2D eigenvalue weighted by Gasteiger charge is -2.29. The van der Waals surface area contributed by atoms with Crippen LogP contribution >= 0.6 is 23.5 Å². The molecular formula is C10H16S2. The first-order valence-corrected chi connectivity index (χ1v) is 6.95. The van der Waals surface area contributed by atoms with E-state index in [9.17, 15) is 0 Å². The highest BCUT2D eigenvalue weighted by Crippen LogP contribution is 2.40. The molecule has 0 aromatic carbocycles. The molecular weight excluding hydrogens is 184 g/mol. The monoisotopic (exact) mass is 200 g/mol. The second-order valence-electron chi connectivity index (χ2n) is 3.51. The van der Waals surface area contributed by atoms with Gasteiger partial charge in [-0.3, -0.25) is 0 Å². The zero-order valence-corrected chi connectivity index (χ0v) is 9.00. The molecule has 0 nitrogen and oxygen atoms in total. The van der Waals surface area contributed by atoms with E-state index < -0.39 is 0 Å². The van der Waals surface area contributed by atoms with Gasteiger partial charge < -0.3 is 0 Å². The molecule has 0 aromatic rings. The first kappa shape index (κ1) is 9.01. The highest BCUT2D eigenvalue weighted by atomic mass is 32.2. The minimum atomic E-state index is 0.920. The van der Waals surface area contributed by atoms with E-state index in [0.29, 0.717) is 0 Å². The van der Waals surface area contributed by atoms with Crippen LogP contribution in [0.5, 0.6) is 0 Å². The van der Waals surface area contributed by atoms with Gasteiger partial charge in [0.05, 0.1) is 4.58 Å². The number of hydrogen-bond donors (Lipinski definition) is 0. The maximum absolute atomic E-state index is 2.38. The second-order valence-corrected chi connectivity index (χ2v) is 6.31. The van der Waals surface area contributed by atoms with Gasteiger partial charge in [0, 0.05) is 0 Å². The molecule has 1 atom stereocenters. The van der Waals surface area contributed by atoms with Crippen LogP contribution in [-0.4, -0.2) is 16.1 Å². The largest absolute Gasteiger partial charge is 0.147 e. The molecule has 0 saturated carbocycles. The van der Waals surface area contributed by atoms with Gasteiger partial charge >= 0.3 is 0 Å². The molecule has 1 aliphatic carbocycles. The molecule has 0 amide bonds. The van der Waals surface area contributed by atoms with Crippen molar-refractivity contribution in [3.63, 3.8) is 0 Å². The molecule has 0 N–H and O–H groups in total. The molecule has 1 heterocycles. The third-order valence-corrected chi connectivity index (χ3v) is 5.84. The van der Waals surface area contributed by atoms with E-state index in [1.54, 1.807) is 0 Å². The fourth-order valence-corrected chi connectivity index (χ4v) is 5.11. The van der Waals surface area contributed by atoms with Crippen molar-refractivity contribution in [3.05, 3.63) is 12.2 Å². The van der Waals surface area contributed by atoms with E-state index in [-0.39, 0.29) is 0 Å². The second kappa shape index (κ2) is 4.61. The Bertz CT molecular complexity index is 159. The average molecular weight is 200 g/mol. The van der Waals surface area contributed by atoms with E-state index in [4.69, 9.17) is 0 Å². The van der Waals surface area contributed by atoms with Crippen molar-refractivity contribution in [1.29, 1.82) is 0 Å². The molecule has 0 spiro atoms. The van der Waals surface area contributed by atoms with E-state index in [0.717, 1.165) is 10.5 Å². The first-order chi connectivity index (χ1) is 5.97. The summed E-state index contributed by atoms with van der Waals surface area (Å²) in [5.74, 6) is 3.78. The molecule has 2 rings (SSSR count). The predicted octanol–water partition coefficient (Wildman–Crippen LogP) is 3.54. The summed E-state index contributed by atoms with van der Waals surface area (Å²) in [6.07, 6.45) is 10.2. The van der Waals surface area contributed by atoms with Crippen LogP contribution in [-0.2, 0) is 0 Å². The minimum Gasteiger partial charge on any atom is -0.147 e. The summed E-state index contributed by atoms with van der Waals surface area (Å²) in [6, 6.07) is 0. The molecule has 1 saturated heterocycles. The molecule has 1 unspecified atom stereocenters. The van der Waals surface area contributed by atoms with Crippen molar-refractivity contribution in [2.45, 2.75) is 30.3 Å². The minimum absolute atomic E-state index is 0.920. The Kier molecular flexibility index (Phi) is 3.47. The van der Waals surface area contributed by atoms with Crippen molar-refractivity contribution in [2.75, 3.05) is 11.5 Å². The third-order valence-electron chi connectivity index (χ3n) is 2.55. The van der Waals surface area contributed by atoms with Gasteiger partial charge in [0.2, 0.25) is 0 Å². The Morgan fingerprint density at radius 3 is 2.58 bits per heavy atom. The Morgan fingerprint density at radius 2 is 1.92 bits per heavy atom. The van der Waals surface area contributed by atoms with Gasteiger partial charge in [-0.15, -0.1) is 23.5 Å². The summed E-state index contributed by atoms with van der Waals surface area (Å²) < 4.78 is 0.920. The van der Waals surface area contributed by atoms with Crippen LogP contribution in [0.4, 0.5) is 0 Å². The highest BCUT2D eigenvalue weighted by Gasteiger charge is 2.24. The summed E-state index contributed by atoms with van der Waals surface area (Å²) in [6.45, 7) is 0. The van der Waals surface area contributed by atoms with Crippen LogP contribution in [0.3, 0.4) is 0 Å². The quantitative estimate of drug-likeness (QED) is 0.594. The standard InChI is InChI=1S/C10H16S2/c1-2-5-9(6-3-1)10-11-7-4-8-12-10/h1-2,9-10H,3-8H2. The van der Waals surface area contributed by atoms with Crippen LogP contribution in [0.2, 0.25) is 0 Å². The summed E-state index contributed by atoms with van der Waals surface area (Å²) in [5, 5.41) is 0. The fourth-order valence-electron chi connectivity index (χ4n) is 1.84. The predicted molar refractivity (Wildman–Crippen MR) is 59.8 cm³/mol. The maximum atomic E-state index is 2.38. The van der Waals surface area contributed by atoms with Crippen LogP contribution in [0.15, 0.2) is 12.2 Å². The van der Waals surface area contributed by atoms with Crippen molar-refractivity contribution >= 4 is 23.5 Å². The van der Waals surface area contributed by atoms with E-state index >= 15 is 0 Å². The summed E-state index contributed by atoms with van der Waals surface area (Å²) in [4.78, 5) is 0. The third kappa shape index (κ3) is 2.23. The van der Waals surface area contributed by atoms with Crippen LogP contribution in [0, 0.1) is 5.92 Å². The van der Waals surface area contributed by atoms with Gasteiger partial charge in [0.1, 0.15) is 0 Å². The van der Waals surface area contributed by atoms with Gasteiger partial charge in [-0.05, 0) is 43.1 Å². The summed E-state index contributed by atoms with van der Waals surface area (Å²) in [5.41, 5.74) is 0. The zero-order valence-electron chi connectivity index (χ0n) is 7.37. The molecule has 0 bridgehead atoms. The number of allylic oxidation sites excluding steroid dienone is 2. The van der Waals surface area contributed by atoms with Crippen molar-refractivity contribution in [2.24, 2.45) is 5.92 Å². The van der Waals surface area contributed by atoms with Crippen LogP contribution < -0.4 is 0 Å². The van der Waals surface area contributed by atoms with Gasteiger partial charge in [-0.2, -0.15) is 0 Å². The Labute approximate surface area is 83.6 Å². The van der Waals surface area contributed by atoms with Gasteiger partial charge in [0.25, 0.3) is 0 Å². The summed E-state index contributed by atoms with van der Waals surface area (Å²) in [7, 11) is 0. The van der Waals surface area contributed by atoms with Gasteiger partial charge in [-0.25, -0.2) is 0 Å². The molecule has 0 radical (unpaired) electrons. The van der Waals surface area contributed by atoms with E-state index in [2.05, 4.69) is 35.7 Å². The number of rotatable bonds is 1. The van der Waals surface area contributed by atoms with Crippen molar-refractivity contribution in [1.82, 2.24) is 0 Å². The summed E-state index contributed by atoms with van der Waals surface area (Å²) >= 11 is 4.40. The van der Waals surface area contributed by atoms with E-state index in [1.807, 2.05) is 0 Å². The van der Waals surface area contributed by atoms with Crippen LogP contribution in [0.1, 0.15) is 25.7 Å². The van der Waals surface area contributed by atoms with Crippen LogP contribution in [0.25, 0.3) is 0 Å². The number of thioether (sulfide) groups is 2. The lowest BCUT2D eigenvalue weighted by Crippen LogP contribution is -2.19. The molecule has 2 aliphatic rings. The smallest absolute Gasteiger partial charge is 0.0533 e. The molecule has 12 heavy (non-hydrogen) atoms. The first-order valence-electron chi connectivity index (χ1n) is 4.85. The van der Waals surface area contributed by atoms with Gasteiger partial charge in [-0.1, -0.05) is 12.2 Å². The molecule has 0 aromatic heterocycles. The van der Waals surface area contributed by atoms with Crippen molar-refractivity contribution < 1.29 is 0 Å². The van der Waals surface area contributed by atoms with Gasteiger partial charge in [0.15, 0.2) is 0 Å². The molecule has 1 aliphatic heterocycles. The Morgan fingerprint density at radius 1 is 1.08 bits per heavy atom. The highest BCUT2D eigenvalue weighted by molar-refractivity contribution is 8.17. The Hall–Kier alpha value is 0.440.